The zero-order valence-electron chi connectivity index (χ0n) is 8.29. The van der Waals surface area contributed by atoms with Crippen LogP contribution in [0.4, 0.5) is 0 Å². The molecule has 0 radical (unpaired) electrons. The number of aliphatic hydroxyl groups is 1. The molecule has 76 valence electrons. The first-order valence-corrected chi connectivity index (χ1v) is 4.68. The minimum absolute atomic E-state index is 0.419. The number of carboxylic acids is 1. The number of carboxylic acid groups (broad SMARTS) is 1. The minimum Gasteiger partial charge on any atom is -0.478 e. The summed E-state index contributed by atoms with van der Waals surface area (Å²) >= 11 is 0. The van der Waals surface area contributed by atoms with E-state index in [4.69, 9.17) is 10.2 Å². The van der Waals surface area contributed by atoms with Gasteiger partial charge in [-0.25, -0.2) is 4.79 Å². The van der Waals surface area contributed by atoms with Crippen molar-refractivity contribution in [3.63, 3.8) is 0 Å². The summed E-state index contributed by atoms with van der Waals surface area (Å²) in [5.74, 6) is -0.867. The topological polar surface area (TPSA) is 57.5 Å². The zero-order valence-corrected chi connectivity index (χ0v) is 8.29. The second-order valence-corrected chi connectivity index (χ2v) is 3.22. The van der Waals surface area contributed by atoms with Gasteiger partial charge in [-0.3, -0.25) is 0 Å². The number of hydrogen-bond acceptors (Lipinski definition) is 2. The molecule has 1 atom stereocenters. The lowest BCUT2D eigenvalue weighted by Crippen LogP contribution is -2.03. The highest BCUT2D eigenvalue weighted by atomic mass is 16.4. The Hall–Kier alpha value is -0.830. The van der Waals surface area contributed by atoms with Crippen molar-refractivity contribution in [2.24, 2.45) is 0 Å². The van der Waals surface area contributed by atoms with E-state index >= 15 is 0 Å². The number of hydrogen-bond donors (Lipinski definition) is 2. The number of carbonyl (C=O) groups is 1. The summed E-state index contributed by atoms with van der Waals surface area (Å²) in [4.78, 5) is 10.7. The molecule has 0 bridgehead atoms. The molecular weight excluding hydrogens is 168 g/mol. The van der Waals surface area contributed by atoms with Gasteiger partial charge in [-0.15, -0.1) is 0 Å². The predicted molar refractivity (Wildman–Crippen MR) is 51.5 cm³/mol. The van der Waals surface area contributed by atoms with Crippen LogP contribution in [0.3, 0.4) is 0 Å². The van der Waals surface area contributed by atoms with Gasteiger partial charge in [-0.2, -0.15) is 0 Å². The Morgan fingerprint density at radius 2 is 2.15 bits per heavy atom. The van der Waals surface area contributed by atoms with Crippen LogP contribution in [0.25, 0.3) is 0 Å². The SMILES string of the molecule is CCCC/C(=C/CC(C)O)C(=O)O. The van der Waals surface area contributed by atoms with Gasteiger partial charge in [0, 0.05) is 5.57 Å². The summed E-state index contributed by atoms with van der Waals surface area (Å²) in [5.41, 5.74) is 0.419. The summed E-state index contributed by atoms with van der Waals surface area (Å²) in [5, 5.41) is 17.7. The van der Waals surface area contributed by atoms with Gasteiger partial charge in [0.1, 0.15) is 0 Å². The molecule has 0 saturated carbocycles. The Bertz CT molecular complexity index is 183. The fourth-order valence-electron chi connectivity index (χ4n) is 0.976. The minimum atomic E-state index is -0.867. The normalized spacial score (nSPS) is 14.2. The predicted octanol–water partition coefficient (Wildman–Crippen LogP) is 1.96. The second-order valence-electron chi connectivity index (χ2n) is 3.22. The van der Waals surface area contributed by atoms with Crippen LogP contribution in [0.2, 0.25) is 0 Å². The molecule has 0 aromatic carbocycles. The summed E-state index contributed by atoms with van der Waals surface area (Å²) in [7, 11) is 0. The van der Waals surface area contributed by atoms with Crippen LogP contribution >= 0.6 is 0 Å². The van der Waals surface area contributed by atoms with Crippen LogP contribution in [0, 0.1) is 0 Å². The van der Waals surface area contributed by atoms with Crippen LogP contribution in [0.1, 0.15) is 39.5 Å². The van der Waals surface area contributed by atoms with E-state index < -0.39 is 12.1 Å². The van der Waals surface area contributed by atoms with Crippen molar-refractivity contribution >= 4 is 5.97 Å². The molecule has 13 heavy (non-hydrogen) atoms. The van der Waals surface area contributed by atoms with E-state index in [0.717, 1.165) is 12.8 Å². The lowest BCUT2D eigenvalue weighted by molar-refractivity contribution is -0.132. The number of aliphatic carboxylic acids is 1. The van der Waals surface area contributed by atoms with E-state index in [0.29, 0.717) is 18.4 Å². The molecule has 3 nitrogen and oxygen atoms in total. The Kier molecular flexibility index (Phi) is 6.24. The largest absolute Gasteiger partial charge is 0.478 e. The lowest BCUT2D eigenvalue weighted by Gasteiger charge is -2.02. The highest BCUT2D eigenvalue weighted by Crippen LogP contribution is 2.09. The highest BCUT2D eigenvalue weighted by Gasteiger charge is 2.06. The Morgan fingerprint density at radius 1 is 1.54 bits per heavy atom. The number of rotatable bonds is 6. The summed E-state index contributed by atoms with van der Waals surface area (Å²) in [6, 6.07) is 0. The quantitative estimate of drug-likeness (QED) is 0.623. The molecule has 2 N–H and O–H groups in total. The van der Waals surface area contributed by atoms with E-state index in [2.05, 4.69) is 0 Å². The Balaban J connectivity index is 4.07. The second kappa shape index (κ2) is 6.66. The van der Waals surface area contributed by atoms with E-state index in [-0.39, 0.29) is 0 Å². The fraction of sp³-hybridized carbons (Fsp3) is 0.700. The molecule has 0 aromatic heterocycles. The van der Waals surface area contributed by atoms with Gasteiger partial charge in [0.25, 0.3) is 0 Å². The van der Waals surface area contributed by atoms with Crippen molar-refractivity contribution in [1.29, 1.82) is 0 Å². The van der Waals surface area contributed by atoms with Crippen molar-refractivity contribution in [3.8, 4) is 0 Å². The van der Waals surface area contributed by atoms with E-state index in [1.165, 1.54) is 0 Å². The average molecular weight is 186 g/mol. The summed E-state index contributed by atoms with van der Waals surface area (Å²) in [6.07, 6.45) is 4.04. The van der Waals surface area contributed by atoms with Crippen LogP contribution in [0.15, 0.2) is 11.6 Å². The number of aliphatic hydroxyl groups excluding tert-OH is 1. The smallest absolute Gasteiger partial charge is 0.331 e. The molecule has 0 aliphatic carbocycles. The third-order valence-electron chi connectivity index (χ3n) is 1.78. The third-order valence-corrected chi connectivity index (χ3v) is 1.78. The molecule has 0 aromatic rings. The van der Waals surface area contributed by atoms with Crippen molar-refractivity contribution in [1.82, 2.24) is 0 Å². The van der Waals surface area contributed by atoms with Gasteiger partial charge >= 0.3 is 5.97 Å². The lowest BCUT2D eigenvalue weighted by atomic mass is 10.1. The van der Waals surface area contributed by atoms with E-state index in [1.54, 1.807) is 13.0 Å². The van der Waals surface area contributed by atoms with Gasteiger partial charge in [0.2, 0.25) is 0 Å². The molecule has 0 aliphatic heterocycles. The van der Waals surface area contributed by atoms with Crippen LogP contribution in [-0.4, -0.2) is 22.3 Å². The third kappa shape index (κ3) is 6.34. The Labute approximate surface area is 79.1 Å². The first-order chi connectivity index (χ1) is 6.07. The molecule has 0 heterocycles. The standard InChI is InChI=1S/C10H18O3/c1-3-4-5-9(10(12)13)7-6-8(2)11/h7-8,11H,3-6H2,1-2H3,(H,12,13)/b9-7-. The molecule has 0 amide bonds. The first-order valence-electron chi connectivity index (χ1n) is 4.68. The van der Waals surface area contributed by atoms with E-state index in [9.17, 15) is 4.79 Å². The maximum Gasteiger partial charge on any atom is 0.331 e. The van der Waals surface area contributed by atoms with Gasteiger partial charge < -0.3 is 10.2 Å². The average Bonchev–Trinajstić information content (AvgIpc) is 2.03. The number of unbranched alkanes of at least 4 members (excludes halogenated alkanes) is 1. The molecular formula is C10H18O3. The van der Waals surface area contributed by atoms with Crippen molar-refractivity contribution in [3.05, 3.63) is 11.6 Å². The highest BCUT2D eigenvalue weighted by molar-refractivity contribution is 5.86. The molecule has 0 fully saturated rings. The molecule has 0 aliphatic rings. The molecule has 3 heteroatoms. The van der Waals surface area contributed by atoms with Crippen LogP contribution < -0.4 is 0 Å². The van der Waals surface area contributed by atoms with Crippen LogP contribution in [0.5, 0.6) is 0 Å². The van der Waals surface area contributed by atoms with Crippen LogP contribution in [-0.2, 0) is 4.79 Å². The van der Waals surface area contributed by atoms with Gasteiger partial charge in [0.05, 0.1) is 6.10 Å². The van der Waals surface area contributed by atoms with E-state index in [1.807, 2.05) is 6.92 Å². The molecule has 0 spiro atoms. The van der Waals surface area contributed by atoms with Gasteiger partial charge in [0.15, 0.2) is 0 Å². The van der Waals surface area contributed by atoms with Crippen molar-refractivity contribution in [2.45, 2.75) is 45.6 Å². The molecule has 1 unspecified atom stereocenters. The fourth-order valence-corrected chi connectivity index (χ4v) is 0.976. The van der Waals surface area contributed by atoms with Gasteiger partial charge in [-0.05, 0) is 26.2 Å². The summed E-state index contributed by atoms with van der Waals surface area (Å²) in [6.45, 7) is 3.67. The molecule has 0 rings (SSSR count). The maximum atomic E-state index is 10.7. The molecule has 0 saturated heterocycles. The summed E-state index contributed by atoms with van der Waals surface area (Å²) < 4.78 is 0. The van der Waals surface area contributed by atoms with Crippen molar-refractivity contribution in [2.75, 3.05) is 0 Å². The monoisotopic (exact) mass is 186 g/mol. The van der Waals surface area contributed by atoms with Crippen molar-refractivity contribution < 1.29 is 15.0 Å². The zero-order chi connectivity index (χ0) is 10.3. The Morgan fingerprint density at radius 3 is 2.54 bits per heavy atom. The van der Waals surface area contributed by atoms with Gasteiger partial charge in [-0.1, -0.05) is 19.4 Å². The maximum absolute atomic E-state index is 10.7. The first kappa shape index (κ1) is 12.2.